The van der Waals surface area contributed by atoms with E-state index in [0.717, 1.165) is 37.7 Å². The summed E-state index contributed by atoms with van der Waals surface area (Å²) < 4.78 is 5.58. The van der Waals surface area contributed by atoms with Crippen molar-refractivity contribution in [3.05, 3.63) is 65.7 Å². The van der Waals surface area contributed by atoms with Crippen molar-refractivity contribution in [2.24, 2.45) is 11.3 Å². The molecule has 1 aliphatic carbocycles. The van der Waals surface area contributed by atoms with E-state index >= 15 is 0 Å². The number of carbonyl (C=O) groups excluding carboxylic acids is 2. The third kappa shape index (κ3) is 3.66. The Morgan fingerprint density at radius 2 is 2.00 bits per heavy atom. The summed E-state index contributed by atoms with van der Waals surface area (Å²) >= 11 is 0. The lowest BCUT2D eigenvalue weighted by Crippen LogP contribution is -2.40. The lowest BCUT2D eigenvalue weighted by molar-refractivity contribution is 0.0668. The van der Waals surface area contributed by atoms with Gasteiger partial charge in [-0.1, -0.05) is 0 Å². The van der Waals surface area contributed by atoms with Crippen molar-refractivity contribution >= 4 is 22.8 Å². The number of nitrogens with one attached hydrogen (secondary N) is 1. The molecule has 3 aromatic rings. The molecule has 7 heteroatoms. The smallest absolute Gasteiger partial charge is 0.287 e. The highest BCUT2D eigenvalue weighted by atomic mass is 16.3. The Balaban J connectivity index is 1.13. The van der Waals surface area contributed by atoms with E-state index in [1.54, 1.807) is 42.7 Å². The number of likely N-dealkylation sites (tertiary alicyclic amines) is 1. The fourth-order valence-corrected chi connectivity index (χ4v) is 4.66. The predicted molar refractivity (Wildman–Crippen MR) is 113 cm³/mol. The highest BCUT2D eigenvalue weighted by Gasteiger charge is 2.54. The highest BCUT2D eigenvalue weighted by molar-refractivity contribution is 5.96. The minimum absolute atomic E-state index is 0.0178. The van der Waals surface area contributed by atoms with E-state index in [9.17, 15) is 9.59 Å². The second-order valence-electron chi connectivity index (χ2n) is 8.48. The zero-order valence-electron chi connectivity index (χ0n) is 17.0. The maximum Gasteiger partial charge on any atom is 0.287 e. The summed E-state index contributed by atoms with van der Waals surface area (Å²) in [5, 5.41) is 12.8. The summed E-state index contributed by atoms with van der Waals surface area (Å²) in [4.78, 5) is 31.1. The zero-order valence-corrected chi connectivity index (χ0v) is 17.0. The number of rotatable bonds is 4. The molecule has 2 amide bonds. The molecule has 1 aliphatic heterocycles. The normalized spacial score (nSPS) is 19.2. The molecule has 1 saturated carbocycles. The molecule has 1 spiro atoms. The van der Waals surface area contributed by atoms with E-state index in [-0.39, 0.29) is 17.2 Å². The second kappa shape index (κ2) is 7.55. The Kier molecular flexibility index (Phi) is 4.70. The Bertz CT molecular complexity index is 1150. The maximum absolute atomic E-state index is 12.7. The first-order valence-electron chi connectivity index (χ1n) is 10.5. The summed E-state index contributed by atoms with van der Waals surface area (Å²) in [7, 11) is 0. The lowest BCUT2D eigenvalue weighted by atomic mass is 9.90. The van der Waals surface area contributed by atoms with Crippen LogP contribution in [0.3, 0.4) is 0 Å². The van der Waals surface area contributed by atoms with Gasteiger partial charge in [-0.2, -0.15) is 5.26 Å². The van der Waals surface area contributed by atoms with Crippen molar-refractivity contribution in [1.82, 2.24) is 15.2 Å². The molecule has 7 nitrogen and oxygen atoms in total. The van der Waals surface area contributed by atoms with Gasteiger partial charge in [0.15, 0.2) is 11.3 Å². The lowest BCUT2D eigenvalue weighted by Gasteiger charge is -2.33. The third-order valence-electron chi connectivity index (χ3n) is 6.72. The van der Waals surface area contributed by atoms with E-state index in [2.05, 4.69) is 16.4 Å². The molecule has 2 fully saturated rings. The second-order valence-corrected chi connectivity index (χ2v) is 8.48. The molecule has 1 saturated heterocycles. The van der Waals surface area contributed by atoms with Crippen LogP contribution in [-0.4, -0.2) is 41.3 Å². The highest BCUT2D eigenvalue weighted by Crippen LogP contribution is 2.59. The first kappa shape index (κ1) is 19.3. The van der Waals surface area contributed by atoms with Crippen LogP contribution in [0.2, 0.25) is 0 Å². The van der Waals surface area contributed by atoms with Crippen molar-refractivity contribution in [2.75, 3.05) is 19.6 Å². The first-order valence-corrected chi connectivity index (χ1v) is 10.5. The van der Waals surface area contributed by atoms with E-state index < -0.39 is 0 Å². The fraction of sp³-hybridized carbons (Fsp3) is 0.333. The van der Waals surface area contributed by atoms with E-state index in [1.165, 1.54) is 0 Å². The molecule has 2 aromatic heterocycles. The summed E-state index contributed by atoms with van der Waals surface area (Å²) in [5.74, 6) is 0.561. The number of nitriles is 1. The molecule has 2 aliphatic rings. The molecule has 1 atom stereocenters. The molecule has 0 radical (unpaired) electrons. The van der Waals surface area contributed by atoms with Gasteiger partial charge in [0.1, 0.15) is 0 Å². The van der Waals surface area contributed by atoms with Gasteiger partial charge in [-0.25, -0.2) is 0 Å². The predicted octanol–water partition coefficient (Wildman–Crippen LogP) is 3.37. The van der Waals surface area contributed by atoms with Gasteiger partial charge in [-0.15, -0.1) is 0 Å². The fourth-order valence-electron chi connectivity index (χ4n) is 4.66. The number of aromatic nitrogens is 1. The van der Waals surface area contributed by atoms with Crippen molar-refractivity contribution in [3.8, 4) is 6.07 Å². The Labute approximate surface area is 179 Å². The van der Waals surface area contributed by atoms with Crippen LogP contribution >= 0.6 is 0 Å². The monoisotopic (exact) mass is 414 g/mol. The van der Waals surface area contributed by atoms with Gasteiger partial charge in [-0.05, 0) is 67.0 Å². The average molecular weight is 414 g/mol. The summed E-state index contributed by atoms with van der Waals surface area (Å²) in [6.45, 7) is 2.07. The van der Waals surface area contributed by atoms with Crippen molar-refractivity contribution in [3.63, 3.8) is 0 Å². The van der Waals surface area contributed by atoms with Crippen LogP contribution < -0.4 is 5.32 Å². The van der Waals surface area contributed by atoms with Crippen molar-refractivity contribution in [1.29, 1.82) is 5.26 Å². The largest absolute Gasteiger partial charge is 0.449 e. The summed E-state index contributed by atoms with van der Waals surface area (Å²) in [6, 6.07) is 12.4. The number of amides is 2. The number of carbonyl (C=O) groups is 2. The molecule has 1 N–H and O–H groups in total. The minimum Gasteiger partial charge on any atom is -0.449 e. The SMILES string of the molecule is N#Cc1ccc(C(=O)N2CCC3(CC2)CC3CNC(=O)c2cc3ccncc3o2)cc1. The van der Waals surface area contributed by atoms with Crippen LogP contribution in [-0.2, 0) is 0 Å². The van der Waals surface area contributed by atoms with Gasteiger partial charge >= 0.3 is 0 Å². The van der Waals surface area contributed by atoms with Gasteiger partial charge in [0, 0.05) is 36.8 Å². The Morgan fingerprint density at radius 3 is 2.71 bits per heavy atom. The number of fused-ring (bicyclic) bond motifs is 1. The van der Waals surface area contributed by atoms with Gasteiger partial charge in [0.2, 0.25) is 0 Å². The topological polar surface area (TPSA) is 99.2 Å². The zero-order chi connectivity index (χ0) is 21.4. The van der Waals surface area contributed by atoms with Crippen LogP contribution in [0.4, 0.5) is 0 Å². The summed E-state index contributed by atoms with van der Waals surface area (Å²) in [6.07, 6.45) is 6.26. The number of hydrogen-bond acceptors (Lipinski definition) is 5. The maximum atomic E-state index is 12.7. The number of pyridine rings is 1. The van der Waals surface area contributed by atoms with Crippen LogP contribution in [0.1, 0.15) is 45.7 Å². The van der Waals surface area contributed by atoms with Crippen LogP contribution in [0.5, 0.6) is 0 Å². The third-order valence-corrected chi connectivity index (χ3v) is 6.72. The van der Waals surface area contributed by atoms with Gasteiger partial charge in [0.25, 0.3) is 11.8 Å². The number of benzene rings is 1. The Morgan fingerprint density at radius 1 is 1.23 bits per heavy atom. The molecule has 3 heterocycles. The van der Waals surface area contributed by atoms with Crippen LogP contribution in [0.25, 0.3) is 11.0 Å². The van der Waals surface area contributed by atoms with E-state index in [1.807, 2.05) is 11.0 Å². The van der Waals surface area contributed by atoms with E-state index in [0.29, 0.717) is 34.9 Å². The minimum atomic E-state index is -0.202. The van der Waals surface area contributed by atoms with Gasteiger partial charge < -0.3 is 14.6 Å². The molecule has 5 rings (SSSR count). The van der Waals surface area contributed by atoms with Crippen LogP contribution in [0, 0.1) is 22.7 Å². The molecular weight excluding hydrogens is 392 g/mol. The molecule has 156 valence electrons. The molecular formula is C24H22N4O3. The molecule has 0 bridgehead atoms. The number of hydrogen-bond donors (Lipinski definition) is 1. The molecule has 1 unspecified atom stereocenters. The Hall–Kier alpha value is -3.66. The summed E-state index contributed by atoms with van der Waals surface area (Å²) in [5.41, 5.74) is 2.01. The van der Waals surface area contributed by atoms with Gasteiger partial charge in [-0.3, -0.25) is 14.6 Å². The van der Waals surface area contributed by atoms with E-state index in [4.69, 9.17) is 9.68 Å². The number of nitrogens with zero attached hydrogens (tertiary/aromatic N) is 3. The number of furan rings is 1. The average Bonchev–Trinajstić information content (AvgIpc) is 3.28. The van der Waals surface area contributed by atoms with Gasteiger partial charge in [0.05, 0.1) is 17.8 Å². The number of piperidine rings is 1. The molecule has 1 aromatic carbocycles. The van der Waals surface area contributed by atoms with Crippen molar-refractivity contribution < 1.29 is 14.0 Å². The van der Waals surface area contributed by atoms with Crippen LogP contribution in [0.15, 0.2) is 53.2 Å². The standard InChI is InChI=1S/C24H22N4O3/c25-13-16-1-3-17(4-2-16)23(30)28-9-6-24(7-10-28)12-19(24)14-27-22(29)20-11-18-5-8-26-15-21(18)31-20/h1-5,8,11,15,19H,6-7,9-10,12,14H2,(H,27,29). The van der Waals surface area contributed by atoms with Crippen molar-refractivity contribution in [2.45, 2.75) is 19.3 Å². The molecule has 31 heavy (non-hydrogen) atoms. The first-order chi connectivity index (χ1) is 15.1. The quantitative estimate of drug-likeness (QED) is 0.706.